The smallest absolute Gasteiger partial charge is 0.251 e. The predicted octanol–water partition coefficient (Wildman–Crippen LogP) is 3.89. The minimum atomic E-state index is -0.0644. The quantitative estimate of drug-likeness (QED) is 0.265. The molecule has 3 N–H and O–H groups in total. The van der Waals surface area contributed by atoms with Gasteiger partial charge < -0.3 is 20.7 Å². The molecule has 1 unspecified atom stereocenters. The van der Waals surface area contributed by atoms with Crippen LogP contribution in [0.2, 0.25) is 0 Å². The van der Waals surface area contributed by atoms with Crippen molar-refractivity contribution in [1.82, 2.24) is 16.0 Å². The van der Waals surface area contributed by atoms with Gasteiger partial charge in [-0.3, -0.25) is 4.79 Å². The van der Waals surface area contributed by atoms with Crippen molar-refractivity contribution in [2.24, 2.45) is 4.99 Å². The molecular formula is C23H33IN4O2. The maximum atomic E-state index is 12.0. The molecule has 2 aromatic carbocycles. The highest BCUT2D eigenvalue weighted by molar-refractivity contribution is 14.0. The standard InChI is InChI=1S/C23H32N4O2.HI/c1-5-24-22(28)20-11-8-10-19(14-20)16-27-23(25-6-2)26-15-18(4)29-21-12-7-9-17(3)13-21;/h7-14,18H,5-6,15-16H2,1-4H3,(H,24,28)(H2,25,26,27);1H. The first-order chi connectivity index (χ1) is 14.0. The average molecular weight is 524 g/mol. The van der Waals surface area contributed by atoms with Gasteiger partial charge in [0, 0.05) is 18.7 Å². The summed E-state index contributed by atoms with van der Waals surface area (Å²) in [5, 5.41) is 9.38. The van der Waals surface area contributed by atoms with Crippen LogP contribution in [0, 0.1) is 6.92 Å². The summed E-state index contributed by atoms with van der Waals surface area (Å²) in [5.41, 5.74) is 2.81. The SMILES string of the molecule is CCNC(=O)c1cccc(CN=C(NCC)NCC(C)Oc2cccc(C)c2)c1.I. The number of nitrogens with one attached hydrogen (secondary N) is 3. The van der Waals surface area contributed by atoms with Crippen LogP contribution >= 0.6 is 24.0 Å². The van der Waals surface area contributed by atoms with Gasteiger partial charge in [0.2, 0.25) is 0 Å². The number of aliphatic imine (C=N–C) groups is 1. The summed E-state index contributed by atoms with van der Waals surface area (Å²) >= 11 is 0. The molecule has 0 bridgehead atoms. The number of nitrogens with zero attached hydrogens (tertiary/aromatic N) is 1. The Hall–Kier alpha value is -2.29. The third kappa shape index (κ3) is 9.02. The summed E-state index contributed by atoms with van der Waals surface area (Å²) in [7, 11) is 0. The lowest BCUT2D eigenvalue weighted by molar-refractivity contribution is 0.0955. The number of aryl methyl sites for hydroxylation is 1. The van der Waals surface area contributed by atoms with E-state index < -0.39 is 0 Å². The van der Waals surface area contributed by atoms with Gasteiger partial charge in [-0.2, -0.15) is 0 Å². The topological polar surface area (TPSA) is 74.8 Å². The second-order valence-corrected chi connectivity index (χ2v) is 6.88. The highest BCUT2D eigenvalue weighted by atomic mass is 127. The van der Waals surface area contributed by atoms with Crippen LogP contribution in [0.15, 0.2) is 53.5 Å². The van der Waals surface area contributed by atoms with Gasteiger partial charge in [-0.05, 0) is 63.1 Å². The van der Waals surface area contributed by atoms with Gasteiger partial charge >= 0.3 is 0 Å². The van der Waals surface area contributed by atoms with Crippen molar-refractivity contribution in [1.29, 1.82) is 0 Å². The highest BCUT2D eigenvalue weighted by Crippen LogP contribution is 2.14. The van der Waals surface area contributed by atoms with E-state index in [0.717, 1.165) is 23.8 Å². The highest BCUT2D eigenvalue weighted by Gasteiger charge is 2.07. The third-order valence-electron chi connectivity index (χ3n) is 4.17. The van der Waals surface area contributed by atoms with Gasteiger partial charge in [0.1, 0.15) is 11.9 Å². The number of carbonyl (C=O) groups excluding carboxylic acids is 1. The Labute approximate surface area is 196 Å². The zero-order valence-corrected chi connectivity index (χ0v) is 20.5. The van der Waals surface area contributed by atoms with Crippen molar-refractivity contribution >= 4 is 35.8 Å². The Kier molecular flexibility index (Phi) is 11.9. The lowest BCUT2D eigenvalue weighted by Gasteiger charge is -2.18. The summed E-state index contributed by atoms with van der Waals surface area (Å²) in [6, 6.07) is 15.6. The summed E-state index contributed by atoms with van der Waals surface area (Å²) in [6.45, 7) is 10.5. The molecule has 0 spiro atoms. The minimum Gasteiger partial charge on any atom is -0.489 e. The molecule has 0 aromatic heterocycles. The number of benzene rings is 2. The van der Waals surface area contributed by atoms with Gasteiger partial charge in [-0.15, -0.1) is 24.0 Å². The molecule has 30 heavy (non-hydrogen) atoms. The molecule has 0 saturated carbocycles. The number of rotatable bonds is 9. The molecule has 7 heteroatoms. The number of guanidine groups is 1. The molecular weight excluding hydrogens is 491 g/mol. The Bertz CT molecular complexity index is 826. The van der Waals surface area contributed by atoms with Crippen LogP contribution in [0.3, 0.4) is 0 Å². The molecule has 1 atom stereocenters. The summed E-state index contributed by atoms with van der Waals surface area (Å²) in [5.74, 6) is 1.52. The summed E-state index contributed by atoms with van der Waals surface area (Å²) in [4.78, 5) is 16.6. The first-order valence-electron chi connectivity index (χ1n) is 10.1. The van der Waals surface area contributed by atoms with Gasteiger partial charge in [-0.25, -0.2) is 4.99 Å². The Morgan fingerprint density at radius 3 is 2.47 bits per heavy atom. The molecule has 0 aliphatic carbocycles. The van der Waals surface area contributed by atoms with E-state index in [1.54, 1.807) is 0 Å². The molecule has 1 amide bonds. The minimum absolute atomic E-state index is 0. The first kappa shape index (κ1) is 25.7. The van der Waals surface area contributed by atoms with E-state index in [0.29, 0.717) is 25.2 Å². The number of halogens is 1. The Balaban J connectivity index is 0.00000450. The van der Waals surface area contributed by atoms with E-state index in [1.807, 2.05) is 76.2 Å². The van der Waals surface area contributed by atoms with Crippen LogP contribution in [0.5, 0.6) is 5.75 Å². The van der Waals surface area contributed by atoms with E-state index in [4.69, 9.17) is 4.74 Å². The van der Waals surface area contributed by atoms with Crippen molar-refractivity contribution in [3.8, 4) is 5.75 Å². The van der Waals surface area contributed by atoms with Gasteiger partial charge in [0.05, 0.1) is 13.1 Å². The lowest BCUT2D eigenvalue weighted by Crippen LogP contribution is -2.41. The maximum absolute atomic E-state index is 12.0. The monoisotopic (exact) mass is 524 g/mol. The van der Waals surface area contributed by atoms with Gasteiger partial charge in [-0.1, -0.05) is 24.3 Å². The molecule has 0 aliphatic rings. The van der Waals surface area contributed by atoms with Crippen LogP contribution in [0.25, 0.3) is 0 Å². The Morgan fingerprint density at radius 1 is 1.03 bits per heavy atom. The first-order valence-corrected chi connectivity index (χ1v) is 10.1. The fraction of sp³-hybridized carbons (Fsp3) is 0.391. The Morgan fingerprint density at radius 2 is 1.77 bits per heavy atom. The van der Waals surface area contributed by atoms with Crippen molar-refractivity contribution in [3.05, 3.63) is 65.2 Å². The fourth-order valence-corrected chi connectivity index (χ4v) is 2.79. The molecule has 2 rings (SSSR count). The molecule has 6 nitrogen and oxygen atoms in total. The van der Waals surface area contributed by atoms with E-state index in [1.165, 1.54) is 5.56 Å². The third-order valence-corrected chi connectivity index (χ3v) is 4.17. The maximum Gasteiger partial charge on any atom is 0.251 e. The molecule has 0 aliphatic heterocycles. The second-order valence-electron chi connectivity index (χ2n) is 6.88. The van der Waals surface area contributed by atoms with E-state index >= 15 is 0 Å². The number of hydrogen-bond acceptors (Lipinski definition) is 3. The summed E-state index contributed by atoms with van der Waals surface area (Å²) < 4.78 is 5.96. The van der Waals surface area contributed by atoms with Crippen molar-refractivity contribution in [2.45, 2.75) is 40.3 Å². The molecule has 0 heterocycles. The average Bonchev–Trinajstić information content (AvgIpc) is 2.70. The van der Waals surface area contributed by atoms with E-state index in [2.05, 4.69) is 20.9 Å². The lowest BCUT2D eigenvalue weighted by atomic mass is 10.1. The van der Waals surface area contributed by atoms with Gasteiger partial charge in [0.25, 0.3) is 5.91 Å². The number of hydrogen-bond donors (Lipinski definition) is 3. The van der Waals surface area contributed by atoms with Crippen LogP contribution in [0.1, 0.15) is 42.3 Å². The van der Waals surface area contributed by atoms with E-state index in [-0.39, 0.29) is 36.0 Å². The van der Waals surface area contributed by atoms with Crippen LogP contribution in [0.4, 0.5) is 0 Å². The van der Waals surface area contributed by atoms with Gasteiger partial charge in [0.15, 0.2) is 5.96 Å². The van der Waals surface area contributed by atoms with Crippen LogP contribution in [-0.4, -0.2) is 37.6 Å². The molecule has 164 valence electrons. The largest absolute Gasteiger partial charge is 0.489 e. The number of carbonyl (C=O) groups is 1. The molecule has 0 radical (unpaired) electrons. The number of ether oxygens (including phenoxy) is 1. The zero-order valence-electron chi connectivity index (χ0n) is 18.2. The molecule has 2 aromatic rings. The predicted molar refractivity (Wildman–Crippen MR) is 134 cm³/mol. The zero-order chi connectivity index (χ0) is 21.1. The van der Waals surface area contributed by atoms with E-state index in [9.17, 15) is 4.79 Å². The summed E-state index contributed by atoms with van der Waals surface area (Å²) in [6.07, 6.45) is -0.0123. The fourth-order valence-electron chi connectivity index (χ4n) is 2.79. The van der Waals surface area contributed by atoms with Crippen LogP contribution in [-0.2, 0) is 6.54 Å². The van der Waals surface area contributed by atoms with Crippen molar-refractivity contribution < 1.29 is 9.53 Å². The normalized spacial score (nSPS) is 11.8. The van der Waals surface area contributed by atoms with Crippen molar-refractivity contribution in [2.75, 3.05) is 19.6 Å². The van der Waals surface area contributed by atoms with Crippen molar-refractivity contribution in [3.63, 3.8) is 0 Å². The second kappa shape index (κ2) is 13.8. The number of amides is 1. The molecule has 0 saturated heterocycles. The van der Waals surface area contributed by atoms with Crippen LogP contribution < -0.4 is 20.7 Å². The molecule has 0 fully saturated rings.